The maximum absolute atomic E-state index is 12.6. The number of carbonyl (C=O) groups excluding carboxylic acids is 2. The molecule has 1 aliphatic heterocycles. The third-order valence-corrected chi connectivity index (χ3v) is 5.32. The molecule has 0 fully saturated rings. The van der Waals surface area contributed by atoms with Gasteiger partial charge in [0.05, 0.1) is 0 Å². The van der Waals surface area contributed by atoms with E-state index in [1.807, 2.05) is 28.0 Å². The van der Waals surface area contributed by atoms with Crippen molar-refractivity contribution in [1.29, 1.82) is 0 Å². The normalized spacial score (nSPS) is 16.4. The molecule has 4 nitrogen and oxygen atoms in total. The number of nitrogens with zero attached hydrogens (tertiary/aromatic N) is 2. The zero-order valence-corrected chi connectivity index (χ0v) is 15.2. The number of para-hydroxylation sites is 1. The molecule has 1 heterocycles. The van der Waals surface area contributed by atoms with Gasteiger partial charge in [-0.15, -0.1) is 0 Å². The summed E-state index contributed by atoms with van der Waals surface area (Å²) in [4.78, 5) is 28.2. The van der Waals surface area contributed by atoms with E-state index in [2.05, 4.69) is 12.1 Å². The summed E-state index contributed by atoms with van der Waals surface area (Å²) in [7, 11) is 0. The topological polar surface area (TPSA) is 40.6 Å². The SMILES string of the molecule is CC(=O)N(CCC(=O)N1CCc2ccccc21)CCC1=CCCCC1. The van der Waals surface area contributed by atoms with Crippen LogP contribution in [-0.4, -0.2) is 36.3 Å². The third kappa shape index (κ3) is 4.50. The van der Waals surface area contributed by atoms with E-state index in [9.17, 15) is 9.59 Å². The minimum atomic E-state index is 0.0611. The zero-order chi connectivity index (χ0) is 17.6. The second-order valence-electron chi connectivity index (χ2n) is 7.04. The van der Waals surface area contributed by atoms with Gasteiger partial charge in [0.2, 0.25) is 11.8 Å². The average Bonchev–Trinajstić information content (AvgIpc) is 3.06. The van der Waals surface area contributed by atoms with Gasteiger partial charge < -0.3 is 9.80 Å². The Balaban J connectivity index is 1.52. The Hall–Kier alpha value is -2.10. The van der Waals surface area contributed by atoms with Gasteiger partial charge in [0.1, 0.15) is 0 Å². The molecule has 25 heavy (non-hydrogen) atoms. The molecule has 0 aromatic heterocycles. The van der Waals surface area contributed by atoms with Gasteiger partial charge >= 0.3 is 0 Å². The predicted octanol–water partition coefficient (Wildman–Crippen LogP) is 3.70. The molecule has 4 heteroatoms. The van der Waals surface area contributed by atoms with Crippen LogP contribution >= 0.6 is 0 Å². The molecule has 2 aliphatic rings. The number of amides is 2. The van der Waals surface area contributed by atoms with Crippen LogP contribution in [0.3, 0.4) is 0 Å². The van der Waals surface area contributed by atoms with E-state index >= 15 is 0 Å². The highest BCUT2D eigenvalue weighted by molar-refractivity contribution is 5.95. The van der Waals surface area contributed by atoms with Crippen molar-refractivity contribution in [2.24, 2.45) is 0 Å². The van der Waals surface area contributed by atoms with Crippen molar-refractivity contribution in [3.05, 3.63) is 41.5 Å². The lowest BCUT2D eigenvalue weighted by molar-refractivity contribution is -0.129. The predicted molar refractivity (Wildman–Crippen MR) is 101 cm³/mol. The second-order valence-corrected chi connectivity index (χ2v) is 7.04. The molecule has 0 bridgehead atoms. The number of anilines is 1. The fourth-order valence-corrected chi connectivity index (χ4v) is 3.80. The highest BCUT2D eigenvalue weighted by atomic mass is 16.2. The van der Waals surface area contributed by atoms with Crippen LogP contribution in [0.15, 0.2) is 35.9 Å². The van der Waals surface area contributed by atoms with E-state index in [-0.39, 0.29) is 11.8 Å². The maximum Gasteiger partial charge on any atom is 0.228 e. The van der Waals surface area contributed by atoms with Crippen LogP contribution in [0.2, 0.25) is 0 Å². The lowest BCUT2D eigenvalue weighted by Crippen LogP contribution is -2.36. The van der Waals surface area contributed by atoms with Gasteiger partial charge in [-0.2, -0.15) is 0 Å². The summed E-state index contributed by atoms with van der Waals surface area (Å²) in [5, 5.41) is 0. The summed E-state index contributed by atoms with van der Waals surface area (Å²) in [5.74, 6) is 0.180. The molecular formula is C21H28N2O2. The van der Waals surface area contributed by atoms with Gasteiger partial charge in [-0.3, -0.25) is 9.59 Å². The first-order chi connectivity index (χ1) is 12.1. The number of allylic oxidation sites excluding steroid dienone is 1. The van der Waals surface area contributed by atoms with Crippen LogP contribution in [-0.2, 0) is 16.0 Å². The first-order valence-electron chi connectivity index (χ1n) is 9.47. The number of hydrogen-bond donors (Lipinski definition) is 0. The summed E-state index contributed by atoms with van der Waals surface area (Å²) >= 11 is 0. The van der Waals surface area contributed by atoms with E-state index < -0.39 is 0 Å². The molecule has 0 spiro atoms. The van der Waals surface area contributed by atoms with Crippen LogP contribution in [0.5, 0.6) is 0 Å². The maximum atomic E-state index is 12.6. The Morgan fingerprint density at radius 2 is 1.96 bits per heavy atom. The van der Waals surface area contributed by atoms with Crippen molar-refractivity contribution in [2.75, 3.05) is 24.5 Å². The molecule has 3 rings (SSSR count). The summed E-state index contributed by atoms with van der Waals surface area (Å²) in [6, 6.07) is 8.09. The third-order valence-electron chi connectivity index (χ3n) is 5.32. The van der Waals surface area contributed by atoms with Gasteiger partial charge in [0.15, 0.2) is 0 Å². The van der Waals surface area contributed by atoms with Crippen LogP contribution < -0.4 is 4.90 Å². The van der Waals surface area contributed by atoms with Crippen molar-refractivity contribution >= 4 is 17.5 Å². The van der Waals surface area contributed by atoms with Crippen molar-refractivity contribution in [3.8, 4) is 0 Å². The molecule has 0 radical (unpaired) electrons. The van der Waals surface area contributed by atoms with Crippen molar-refractivity contribution < 1.29 is 9.59 Å². The largest absolute Gasteiger partial charge is 0.342 e. The quantitative estimate of drug-likeness (QED) is 0.741. The van der Waals surface area contributed by atoms with Gasteiger partial charge in [-0.05, 0) is 50.2 Å². The fourth-order valence-electron chi connectivity index (χ4n) is 3.80. The van der Waals surface area contributed by atoms with Crippen LogP contribution in [0.25, 0.3) is 0 Å². The molecule has 0 atom stereocenters. The van der Waals surface area contributed by atoms with Gasteiger partial charge in [0.25, 0.3) is 0 Å². The minimum Gasteiger partial charge on any atom is -0.342 e. The van der Waals surface area contributed by atoms with E-state index in [0.717, 1.165) is 38.0 Å². The Kier molecular flexibility index (Phi) is 5.90. The van der Waals surface area contributed by atoms with Crippen LogP contribution in [0, 0.1) is 0 Å². The number of benzene rings is 1. The summed E-state index contributed by atoms with van der Waals surface area (Å²) in [6.45, 7) is 3.60. The molecule has 0 saturated carbocycles. The van der Waals surface area contributed by atoms with Crippen LogP contribution in [0.1, 0.15) is 51.0 Å². The number of rotatable bonds is 6. The molecule has 1 aliphatic carbocycles. The molecule has 2 amide bonds. The first kappa shape index (κ1) is 17.7. The lowest BCUT2D eigenvalue weighted by Gasteiger charge is -2.24. The standard InChI is InChI=1S/C21H28N2O2/c1-17(24)22(14-11-18-7-3-2-4-8-18)15-13-21(25)23-16-12-19-9-5-6-10-20(19)23/h5-7,9-10H,2-4,8,11-16H2,1H3. The molecule has 1 aromatic rings. The summed E-state index contributed by atoms with van der Waals surface area (Å²) in [6.07, 6.45) is 9.47. The monoisotopic (exact) mass is 340 g/mol. The van der Waals surface area contributed by atoms with E-state index in [4.69, 9.17) is 0 Å². The molecular weight excluding hydrogens is 312 g/mol. The molecule has 134 valence electrons. The Bertz CT molecular complexity index is 666. The van der Waals surface area contributed by atoms with E-state index in [1.54, 1.807) is 6.92 Å². The zero-order valence-electron chi connectivity index (χ0n) is 15.2. The number of hydrogen-bond acceptors (Lipinski definition) is 2. The van der Waals surface area contributed by atoms with Gasteiger partial charge in [-0.25, -0.2) is 0 Å². The Morgan fingerprint density at radius 3 is 2.72 bits per heavy atom. The van der Waals surface area contributed by atoms with Crippen molar-refractivity contribution in [2.45, 2.75) is 51.9 Å². The Morgan fingerprint density at radius 1 is 1.12 bits per heavy atom. The first-order valence-corrected chi connectivity index (χ1v) is 9.47. The van der Waals surface area contributed by atoms with Crippen molar-refractivity contribution in [1.82, 2.24) is 4.90 Å². The number of carbonyl (C=O) groups is 2. The minimum absolute atomic E-state index is 0.0611. The summed E-state index contributed by atoms with van der Waals surface area (Å²) in [5.41, 5.74) is 3.75. The fraction of sp³-hybridized carbons (Fsp3) is 0.524. The van der Waals surface area contributed by atoms with Crippen molar-refractivity contribution in [3.63, 3.8) is 0 Å². The lowest BCUT2D eigenvalue weighted by atomic mass is 9.97. The van der Waals surface area contributed by atoms with E-state index in [1.165, 1.54) is 30.4 Å². The average molecular weight is 340 g/mol. The smallest absolute Gasteiger partial charge is 0.228 e. The van der Waals surface area contributed by atoms with E-state index in [0.29, 0.717) is 13.0 Å². The molecule has 0 N–H and O–H groups in total. The molecule has 0 unspecified atom stereocenters. The van der Waals surface area contributed by atoms with Crippen LogP contribution in [0.4, 0.5) is 5.69 Å². The van der Waals surface area contributed by atoms with Gasteiger partial charge in [-0.1, -0.05) is 29.8 Å². The Labute approximate surface area is 150 Å². The highest BCUT2D eigenvalue weighted by Crippen LogP contribution is 2.28. The molecule has 0 saturated heterocycles. The number of fused-ring (bicyclic) bond motifs is 1. The highest BCUT2D eigenvalue weighted by Gasteiger charge is 2.24. The summed E-state index contributed by atoms with van der Waals surface area (Å²) < 4.78 is 0. The second kappa shape index (κ2) is 8.32. The van der Waals surface area contributed by atoms with Gasteiger partial charge in [0, 0.05) is 38.7 Å². The molecule has 1 aromatic carbocycles.